The van der Waals surface area contributed by atoms with Gasteiger partial charge < -0.3 is 19.2 Å². The van der Waals surface area contributed by atoms with Crippen molar-refractivity contribution in [3.05, 3.63) is 111 Å². The molecule has 0 bridgehead atoms. The molecule has 0 fully saturated rings. The van der Waals surface area contributed by atoms with Crippen LogP contribution in [0.3, 0.4) is 0 Å². The number of amides is 1. The molecule has 1 heterocycles. The minimum Gasteiger partial charge on any atom is -0.486 e. The van der Waals surface area contributed by atoms with Crippen LogP contribution in [0.5, 0.6) is 17.2 Å². The predicted octanol–water partition coefficient (Wildman–Crippen LogP) is 7.42. The van der Waals surface area contributed by atoms with Gasteiger partial charge in [-0.1, -0.05) is 37.1 Å². The van der Waals surface area contributed by atoms with Gasteiger partial charge in [0.05, 0.1) is 16.7 Å². The molecular formula is C27H23ClN2O6. The summed E-state index contributed by atoms with van der Waals surface area (Å²) in [6.45, 7) is 2.28. The van der Waals surface area contributed by atoms with Gasteiger partial charge in [0.1, 0.15) is 29.6 Å². The standard InChI is InChI=1S/C27H23ClN2O6/c1-2-3-18-4-8-22(9-5-18)34-17-24-12-13-26(36-24)27(31)29-20-14-21(30(32)33)16-25(15-20)35-23-10-6-19(28)7-11-23/h4-16H,2-3,17H2,1H3,(H,29,31). The van der Waals surface area contributed by atoms with E-state index in [9.17, 15) is 14.9 Å². The van der Waals surface area contributed by atoms with E-state index >= 15 is 0 Å². The zero-order valence-corrected chi connectivity index (χ0v) is 20.2. The molecule has 4 aromatic rings. The van der Waals surface area contributed by atoms with Gasteiger partial charge in [0.25, 0.3) is 11.6 Å². The second-order valence-corrected chi connectivity index (χ2v) is 8.37. The molecule has 9 heteroatoms. The number of rotatable bonds is 10. The number of non-ortho nitro benzene ring substituents is 1. The average molecular weight is 507 g/mol. The lowest BCUT2D eigenvalue weighted by atomic mass is 10.1. The number of nitrogens with one attached hydrogen (secondary N) is 1. The molecule has 1 aromatic heterocycles. The monoisotopic (exact) mass is 506 g/mol. The number of nitro benzene ring substituents is 1. The third kappa shape index (κ3) is 6.64. The van der Waals surface area contributed by atoms with E-state index in [-0.39, 0.29) is 29.5 Å². The second kappa shape index (κ2) is 11.4. The lowest BCUT2D eigenvalue weighted by molar-refractivity contribution is -0.384. The number of furan rings is 1. The van der Waals surface area contributed by atoms with Crippen LogP contribution in [0.2, 0.25) is 5.02 Å². The van der Waals surface area contributed by atoms with Gasteiger partial charge in [0.15, 0.2) is 5.76 Å². The maximum absolute atomic E-state index is 12.7. The fraction of sp³-hybridized carbons (Fsp3) is 0.148. The van der Waals surface area contributed by atoms with Gasteiger partial charge >= 0.3 is 0 Å². The Morgan fingerprint density at radius 2 is 1.69 bits per heavy atom. The van der Waals surface area contributed by atoms with Crippen LogP contribution >= 0.6 is 11.6 Å². The maximum atomic E-state index is 12.7. The van der Waals surface area contributed by atoms with Gasteiger partial charge in [-0.3, -0.25) is 14.9 Å². The lowest BCUT2D eigenvalue weighted by Gasteiger charge is -2.09. The van der Waals surface area contributed by atoms with Gasteiger partial charge in [-0.2, -0.15) is 0 Å². The third-order valence-electron chi connectivity index (χ3n) is 5.14. The smallest absolute Gasteiger partial charge is 0.291 e. The first-order chi connectivity index (χ1) is 17.4. The summed E-state index contributed by atoms with van der Waals surface area (Å²) in [6, 6.07) is 21.5. The summed E-state index contributed by atoms with van der Waals surface area (Å²) in [6.07, 6.45) is 2.08. The average Bonchev–Trinajstić information content (AvgIpc) is 3.34. The summed E-state index contributed by atoms with van der Waals surface area (Å²) in [4.78, 5) is 23.5. The largest absolute Gasteiger partial charge is 0.486 e. The van der Waals surface area contributed by atoms with E-state index in [2.05, 4.69) is 12.2 Å². The number of hydrogen-bond acceptors (Lipinski definition) is 6. The molecule has 1 N–H and O–H groups in total. The molecule has 0 spiro atoms. The molecule has 0 unspecified atom stereocenters. The van der Waals surface area contributed by atoms with Crippen molar-refractivity contribution in [2.24, 2.45) is 0 Å². The molecule has 3 aromatic carbocycles. The molecular weight excluding hydrogens is 484 g/mol. The maximum Gasteiger partial charge on any atom is 0.291 e. The molecule has 8 nitrogen and oxygen atoms in total. The number of hydrogen-bond donors (Lipinski definition) is 1. The topological polar surface area (TPSA) is 104 Å². The first-order valence-corrected chi connectivity index (χ1v) is 11.6. The lowest BCUT2D eigenvalue weighted by Crippen LogP contribution is -2.11. The van der Waals surface area contributed by atoms with Crippen molar-refractivity contribution in [2.75, 3.05) is 5.32 Å². The Kier molecular flexibility index (Phi) is 7.87. The quantitative estimate of drug-likeness (QED) is 0.177. The first-order valence-electron chi connectivity index (χ1n) is 11.2. The minimum absolute atomic E-state index is 0.0403. The zero-order valence-electron chi connectivity index (χ0n) is 19.4. The number of halogens is 1. The highest BCUT2D eigenvalue weighted by Crippen LogP contribution is 2.30. The van der Waals surface area contributed by atoms with Crippen molar-refractivity contribution in [3.63, 3.8) is 0 Å². The van der Waals surface area contributed by atoms with E-state index in [0.717, 1.165) is 12.8 Å². The summed E-state index contributed by atoms with van der Waals surface area (Å²) in [5, 5.41) is 14.5. The highest BCUT2D eigenvalue weighted by molar-refractivity contribution is 6.30. The van der Waals surface area contributed by atoms with Crippen molar-refractivity contribution in [1.82, 2.24) is 0 Å². The number of benzene rings is 3. The van der Waals surface area contributed by atoms with Gasteiger partial charge in [0.2, 0.25) is 0 Å². The van der Waals surface area contributed by atoms with Crippen molar-refractivity contribution in [3.8, 4) is 17.2 Å². The van der Waals surface area contributed by atoms with Crippen molar-refractivity contribution in [1.29, 1.82) is 0 Å². The Morgan fingerprint density at radius 3 is 2.39 bits per heavy atom. The highest BCUT2D eigenvalue weighted by Gasteiger charge is 2.16. The van der Waals surface area contributed by atoms with Crippen LogP contribution in [0.4, 0.5) is 11.4 Å². The van der Waals surface area contributed by atoms with Crippen LogP contribution in [0.15, 0.2) is 83.3 Å². The summed E-state index contributed by atoms with van der Waals surface area (Å²) < 4.78 is 17.0. The van der Waals surface area contributed by atoms with Crippen LogP contribution in [-0.2, 0) is 13.0 Å². The van der Waals surface area contributed by atoms with E-state index < -0.39 is 10.8 Å². The van der Waals surface area contributed by atoms with E-state index in [0.29, 0.717) is 22.3 Å². The number of carbonyl (C=O) groups excluding carboxylic acids is 1. The summed E-state index contributed by atoms with van der Waals surface area (Å²) >= 11 is 5.88. The van der Waals surface area contributed by atoms with Crippen LogP contribution < -0.4 is 14.8 Å². The third-order valence-corrected chi connectivity index (χ3v) is 5.39. The van der Waals surface area contributed by atoms with Crippen LogP contribution in [0.25, 0.3) is 0 Å². The van der Waals surface area contributed by atoms with Crippen molar-refractivity contribution in [2.45, 2.75) is 26.4 Å². The SMILES string of the molecule is CCCc1ccc(OCc2ccc(C(=O)Nc3cc(Oc4ccc(Cl)cc4)cc([N+](=O)[O-])c3)o2)cc1. The molecule has 0 saturated heterocycles. The summed E-state index contributed by atoms with van der Waals surface area (Å²) in [7, 11) is 0. The fourth-order valence-corrected chi connectivity index (χ4v) is 3.55. The Morgan fingerprint density at radius 1 is 0.972 bits per heavy atom. The van der Waals surface area contributed by atoms with E-state index in [1.165, 1.54) is 29.8 Å². The van der Waals surface area contributed by atoms with Crippen LogP contribution in [0, 0.1) is 10.1 Å². The van der Waals surface area contributed by atoms with Crippen molar-refractivity contribution < 1.29 is 23.6 Å². The molecule has 0 aliphatic carbocycles. The van der Waals surface area contributed by atoms with E-state index in [4.69, 9.17) is 25.5 Å². The molecule has 0 saturated carbocycles. The number of carbonyl (C=O) groups is 1. The van der Waals surface area contributed by atoms with Gasteiger partial charge in [-0.25, -0.2) is 0 Å². The van der Waals surface area contributed by atoms with Crippen molar-refractivity contribution >= 4 is 28.9 Å². The number of anilines is 1. The molecule has 0 aliphatic rings. The Hall–Kier alpha value is -4.30. The molecule has 1 amide bonds. The normalized spacial score (nSPS) is 10.6. The second-order valence-electron chi connectivity index (χ2n) is 7.93. The number of ether oxygens (including phenoxy) is 2. The van der Waals surface area contributed by atoms with Gasteiger partial charge in [-0.05, 0) is 60.5 Å². The Labute approximate surface area is 212 Å². The predicted molar refractivity (Wildman–Crippen MR) is 136 cm³/mol. The molecule has 0 radical (unpaired) electrons. The number of nitrogens with zero attached hydrogens (tertiary/aromatic N) is 1. The number of nitro groups is 1. The molecule has 0 atom stereocenters. The summed E-state index contributed by atoms with van der Waals surface area (Å²) in [5.41, 5.74) is 1.18. The zero-order chi connectivity index (χ0) is 25.5. The van der Waals surface area contributed by atoms with Gasteiger partial charge in [-0.15, -0.1) is 0 Å². The fourth-order valence-electron chi connectivity index (χ4n) is 3.42. The number of aryl methyl sites for hydroxylation is 1. The Bertz CT molecular complexity index is 1350. The molecule has 184 valence electrons. The van der Waals surface area contributed by atoms with Crippen LogP contribution in [0.1, 0.15) is 35.2 Å². The minimum atomic E-state index is -0.568. The molecule has 4 rings (SSSR count). The van der Waals surface area contributed by atoms with E-state index in [1.807, 2.05) is 24.3 Å². The Balaban J connectivity index is 1.42. The molecule has 36 heavy (non-hydrogen) atoms. The van der Waals surface area contributed by atoms with Gasteiger partial charge in [0, 0.05) is 17.2 Å². The van der Waals surface area contributed by atoms with Crippen LogP contribution in [-0.4, -0.2) is 10.8 Å². The highest BCUT2D eigenvalue weighted by atomic mass is 35.5. The molecule has 0 aliphatic heterocycles. The van der Waals surface area contributed by atoms with E-state index in [1.54, 1.807) is 30.3 Å². The summed E-state index contributed by atoms with van der Waals surface area (Å²) in [5.74, 6) is 1.25. The first kappa shape index (κ1) is 24.8.